The van der Waals surface area contributed by atoms with Gasteiger partial charge in [0.2, 0.25) is 5.91 Å². The van der Waals surface area contributed by atoms with Gasteiger partial charge in [0.15, 0.2) is 0 Å². The van der Waals surface area contributed by atoms with Gasteiger partial charge in [0.05, 0.1) is 0 Å². The average molecular weight is 403 g/mol. The maximum atomic E-state index is 13.2. The molecule has 0 aromatic heterocycles. The number of benzene rings is 3. The minimum atomic E-state index is -0.336. The van der Waals surface area contributed by atoms with Crippen molar-refractivity contribution in [2.24, 2.45) is 0 Å². The zero-order valence-corrected chi connectivity index (χ0v) is 17.5. The van der Waals surface area contributed by atoms with Gasteiger partial charge in [-0.2, -0.15) is 0 Å². The summed E-state index contributed by atoms with van der Waals surface area (Å²) < 4.78 is 19.1. The van der Waals surface area contributed by atoms with Crippen molar-refractivity contribution in [2.75, 3.05) is 5.32 Å². The van der Waals surface area contributed by atoms with Crippen LogP contribution in [0.25, 0.3) is 6.08 Å². The quantitative estimate of drug-likeness (QED) is 0.433. The fourth-order valence-electron chi connectivity index (χ4n) is 2.89. The van der Waals surface area contributed by atoms with Gasteiger partial charge in [0, 0.05) is 11.8 Å². The van der Waals surface area contributed by atoms with E-state index in [0.29, 0.717) is 17.0 Å². The molecule has 0 bridgehead atoms. The lowest BCUT2D eigenvalue weighted by Gasteiger charge is -2.23. The highest BCUT2D eigenvalue weighted by Gasteiger charge is 2.17. The molecule has 1 amide bonds. The lowest BCUT2D eigenvalue weighted by Crippen LogP contribution is -2.14. The summed E-state index contributed by atoms with van der Waals surface area (Å²) >= 11 is 0. The Balaban J connectivity index is 1.57. The molecule has 0 unspecified atom stereocenters. The largest absolute Gasteiger partial charge is 0.457 e. The van der Waals surface area contributed by atoms with E-state index >= 15 is 0 Å². The zero-order chi connectivity index (χ0) is 21.6. The number of amides is 1. The van der Waals surface area contributed by atoms with Crippen molar-refractivity contribution in [3.05, 3.63) is 95.8 Å². The Morgan fingerprint density at radius 2 is 1.63 bits per heavy atom. The van der Waals surface area contributed by atoms with Crippen LogP contribution < -0.4 is 10.1 Å². The first-order chi connectivity index (χ1) is 14.4. The summed E-state index contributed by atoms with van der Waals surface area (Å²) in [4.78, 5) is 12.1. The summed E-state index contributed by atoms with van der Waals surface area (Å²) in [5.41, 5.74) is 2.70. The summed E-state index contributed by atoms with van der Waals surface area (Å²) in [6, 6.07) is 21.4. The normalized spacial score (nSPS) is 11.5. The molecule has 3 nitrogen and oxygen atoms in total. The van der Waals surface area contributed by atoms with E-state index in [-0.39, 0.29) is 17.1 Å². The molecule has 0 aliphatic carbocycles. The third kappa shape index (κ3) is 5.80. The lowest BCUT2D eigenvalue weighted by atomic mass is 9.82. The van der Waals surface area contributed by atoms with Gasteiger partial charge < -0.3 is 10.1 Å². The van der Waals surface area contributed by atoms with E-state index in [2.05, 4.69) is 38.2 Å². The highest BCUT2D eigenvalue weighted by atomic mass is 19.1. The summed E-state index contributed by atoms with van der Waals surface area (Å²) in [5.74, 6) is 0.824. The molecule has 0 spiro atoms. The maximum Gasteiger partial charge on any atom is 0.248 e. The standard InChI is InChI=1S/C26H26FNO2/c1-4-26(2,3)20-9-13-23(14-10-20)30-24-15-11-22(12-16-24)28-25(29)17-8-19-6-5-7-21(27)18-19/h5-18H,4H2,1-3H3,(H,28,29)/b17-8+. The second-order valence-electron chi connectivity index (χ2n) is 7.77. The molecule has 0 aliphatic rings. The topological polar surface area (TPSA) is 38.3 Å². The van der Waals surface area contributed by atoms with Crippen LogP contribution in [0.5, 0.6) is 11.5 Å². The van der Waals surface area contributed by atoms with Gasteiger partial charge in [-0.05, 0) is 77.6 Å². The number of halogens is 1. The Morgan fingerprint density at radius 1 is 1.00 bits per heavy atom. The molecule has 0 aliphatic heterocycles. The van der Waals surface area contributed by atoms with E-state index in [4.69, 9.17) is 4.74 Å². The number of anilines is 1. The Hall–Kier alpha value is -3.40. The van der Waals surface area contributed by atoms with E-state index < -0.39 is 0 Å². The summed E-state index contributed by atoms with van der Waals surface area (Å²) in [6.45, 7) is 6.63. The van der Waals surface area contributed by atoms with Gasteiger partial charge in [-0.3, -0.25) is 4.79 Å². The first-order valence-corrected chi connectivity index (χ1v) is 9.99. The van der Waals surface area contributed by atoms with Crippen molar-refractivity contribution in [1.29, 1.82) is 0 Å². The molecule has 3 rings (SSSR count). The van der Waals surface area contributed by atoms with Crippen LogP contribution in [-0.4, -0.2) is 5.91 Å². The summed E-state index contributed by atoms with van der Waals surface area (Å²) in [6.07, 6.45) is 4.01. The van der Waals surface area contributed by atoms with Gasteiger partial charge >= 0.3 is 0 Å². The van der Waals surface area contributed by atoms with Crippen LogP contribution >= 0.6 is 0 Å². The van der Waals surface area contributed by atoms with Crippen molar-refractivity contribution in [1.82, 2.24) is 0 Å². The van der Waals surface area contributed by atoms with E-state index in [0.717, 1.165) is 12.2 Å². The van der Waals surface area contributed by atoms with E-state index in [1.165, 1.54) is 23.8 Å². The number of hydrogen-bond acceptors (Lipinski definition) is 2. The van der Waals surface area contributed by atoms with Gasteiger partial charge in [-0.15, -0.1) is 0 Å². The van der Waals surface area contributed by atoms with Crippen LogP contribution in [0.2, 0.25) is 0 Å². The fourth-order valence-corrected chi connectivity index (χ4v) is 2.89. The van der Waals surface area contributed by atoms with Crippen molar-refractivity contribution < 1.29 is 13.9 Å². The van der Waals surface area contributed by atoms with E-state index in [1.54, 1.807) is 42.5 Å². The molecule has 1 N–H and O–H groups in total. The molecular weight excluding hydrogens is 377 g/mol. The molecule has 0 radical (unpaired) electrons. The molecule has 0 saturated carbocycles. The second-order valence-corrected chi connectivity index (χ2v) is 7.77. The highest BCUT2D eigenvalue weighted by molar-refractivity contribution is 6.01. The van der Waals surface area contributed by atoms with Crippen LogP contribution in [-0.2, 0) is 10.2 Å². The smallest absolute Gasteiger partial charge is 0.248 e. The molecule has 3 aromatic rings. The van der Waals surface area contributed by atoms with Crippen LogP contribution in [0.15, 0.2) is 78.9 Å². The van der Waals surface area contributed by atoms with Crippen LogP contribution in [0.1, 0.15) is 38.3 Å². The number of rotatable bonds is 7. The summed E-state index contributed by atoms with van der Waals surface area (Å²) in [7, 11) is 0. The van der Waals surface area contributed by atoms with Crippen molar-refractivity contribution in [3.8, 4) is 11.5 Å². The van der Waals surface area contributed by atoms with Gasteiger partial charge in [-0.25, -0.2) is 4.39 Å². The molecule has 4 heteroatoms. The van der Waals surface area contributed by atoms with Crippen LogP contribution in [0.3, 0.4) is 0 Å². The van der Waals surface area contributed by atoms with Crippen molar-refractivity contribution in [2.45, 2.75) is 32.6 Å². The number of carbonyl (C=O) groups excluding carboxylic acids is 1. The predicted octanol–water partition coefficient (Wildman–Crippen LogP) is 6.96. The van der Waals surface area contributed by atoms with E-state index in [1.807, 2.05) is 12.1 Å². The van der Waals surface area contributed by atoms with Crippen molar-refractivity contribution in [3.63, 3.8) is 0 Å². The third-order valence-electron chi connectivity index (χ3n) is 5.15. The average Bonchev–Trinajstić information content (AvgIpc) is 2.74. The van der Waals surface area contributed by atoms with Gasteiger partial charge in [0.25, 0.3) is 0 Å². The van der Waals surface area contributed by atoms with Crippen molar-refractivity contribution >= 4 is 17.7 Å². The van der Waals surface area contributed by atoms with Gasteiger partial charge in [-0.1, -0.05) is 45.0 Å². The fraction of sp³-hybridized carbons (Fsp3) is 0.192. The molecule has 0 heterocycles. The number of nitrogens with one attached hydrogen (secondary N) is 1. The molecule has 30 heavy (non-hydrogen) atoms. The minimum absolute atomic E-state index is 0.140. The predicted molar refractivity (Wildman–Crippen MR) is 120 cm³/mol. The van der Waals surface area contributed by atoms with Crippen LogP contribution in [0.4, 0.5) is 10.1 Å². The Labute approximate surface area is 177 Å². The highest BCUT2D eigenvalue weighted by Crippen LogP contribution is 2.29. The Kier molecular flexibility index (Phi) is 6.68. The number of hydrogen-bond donors (Lipinski definition) is 1. The third-order valence-corrected chi connectivity index (χ3v) is 5.15. The first-order valence-electron chi connectivity index (χ1n) is 9.99. The zero-order valence-electron chi connectivity index (χ0n) is 17.5. The molecule has 0 fully saturated rings. The first kappa shape index (κ1) is 21.3. The maximum absolute atomic E-state index is 13.2. The molecular formula is C26H26FNO2. The molecule has 0 atom stereocenters. The Morgan fingerprint density at radius 3 is 2.23 bits per heavy atom. The molecule has 154 valence electrons. The second kappa shape index (κ2) is 9.40. The molecule has 0 saturated heterocycles. The van der Waals surface area contributed by atoms with E-state index in [9.17, 15) is 9.18 Å². The number of carbonyl (C=O) groups is 1. The number of ether oxygens (including phenoxy) is 1. The van der Waals surface area contributed by atoms with Crippen LogP contribution in [0, 0.1) is 5.82 Å². The lowest BCUT2D eigenvalue weighted by molar-refractivity contribution is -0.111. The minimum Gasteiger partial charge on any atom is -0.457 e. The SMILES string of the molecule is CCC(C)(C)c1ccc(Oc2ccc(NC(=O)/C=C/c3cccc(F)c3)cc2)cc1. The molecule has 3 aromatic carbocycles. The van der Waals surface area contributed by atoms with Gasteiger partial charge in [0.1, 0.15) is 17.3 Å². The summed E-state index contributed by atoms with van der Waals surface area (Å²) in [5, 5.41) is 2.77. The monoisotopic (exact) mass is 403 g/mol. The Bertz CT molecular complexity index is 1020.